The topological polar surface area (TPSA) is 121 Å². The number of hydrogen-bond donors (Lipinski definition) is 0. The number of benzene rings is 4. The molecule has 10 heteroatoms. The summed E-state index contributed by atoms with van der Waals surface area (Å²) in [4.78, 5) is 26.4. The lowest BCUT2D eigenvalue weighted by molar-refractivity contribution is 0.0725. The van der Waals surface area contributed by atoms with E-state index in [0.717, 1.165) is 76.5 Å². The van der Waals surface area contributed by atoms with Crippen LogP contribution in [0.2, 0.25) is 0 Å². The molecule has 0 radical (unpaired) electrons. The number of rotatable bonds is 26. The second kappa shape index (κ2) is 20.0. The number of epoxide rings is 4. The van der Waals surface area contributed by atoms with Crippen molar-refractivity contribution in [3.05, 3.63) is 96.1 Å². The highest BCUT2D eigenvalue weighted by atomic mass is 16.6. The number of esters is 2. The van der Waals surface area contributed by atoms with Gasteiger partial charge in [-0.2, -0.15) is 0 Å². The lowest BCUT2D eigenvalue weighted by atomic mass is 9.93. The molecule has 6 unspecified atom stereocenters. The van der Waals surface area contributed by atoms with E-state index in [9.17, 15) is 9.59 Å². The summed E-state index contributed by atoms with van der Waals surface area (Å²) in [6.07, 6.45) is 15.5. The van der Waals surface area contributed by atoms with Gasteiger partial charge in [-0.3, -0.25) is 0 Å². The molecule has 10 nitrogen and oxygen atoms in total. The van der Waals surface area contributed by atoms with E-state index in [2.05, 4.69) is 0 Å². The number of carbonyl (C=O) groups excluding carboxylic acids is 2. The molecule has 8 rings (SSSR count). The number of unbranched alkanes of at least 4 members (excludes halogenated alkanes) is 6. The van der Waals surface area contributed by atoms with Crippen LogP contribution in [0.5, 0.6) is 23.0 Å². The Bertz CT molecular complexity index is 1790. The predicted octanol–water partition coefficient (Wildman–Crippen LogP) is 9.54. The quantitative estimate of drug-likeness (QED) is 0.0263. The highest BCUT2D eigenvalue weighted by molar-refractivity contribution is 5.99. The largest absolute Gasteiger partial charge is 0.494 e. The third-order valence-electron chi connectivity index (χ3n) is 11.6. The van der Waals surface area contributed by atoms with Crippen LogP contribution >= 0.6 is 0 Å². The first kappa shape index (κ1) is 40.3. The Labute approximate surface area is 341 Å². The minimum Gasteiger partial charge on any atom is -0.494 e. The lowest BCUT2D eigenvalue weighted by Gasteiger charge is -2.13. The molecule has 308 valence electrons. The summed E-state index contributed by atoms with van der Waals surface area (Å²) in [6.45, 7) is 4.92. The Morgan fingerprint density at radius 3 is 1.28 bits per heavy atom. The molecule has 0 N–H and O–H groups in total. The van der Waals surface area contributed by atoms with Crippen LogP contribution in [0.15, 0.2) is 84.9 Å². The Kier molecular flexibility index (Phi) is 13.9. The second-order valence-corrected chi connectivity index (χ2v) is 16.2. The van der Waals surface area contributed by atoms with E-state index < -0.39 is 11.9 Å². The molecule has 4 aliphatic heterocycles. The van der Waals surface area contributed by atoms with Crippen LogP contribution in [0.4, 0.5) is 0 Å². The van der Waals surface area contributed by atoms with Crippen molar-refractivity contribution in [2.45, 2.75) is 101 Å². The molecule has 0 spiro atoms. The molecule has 4 heterocycles. The number of fused-ring (bicyclic) bond motifs is 1. The third kappa shape index (κ3) is 12.3. The van der Waals surface area contributed by atoms with E-state index in [1.165, 1.54) is 38.5 Å². The van der Waals surface area contributed by atoms with E-state index in [-0.39, 0.29) is 0 Å². The van der Waals surface area contributed by atoms with Crippen molar-refractivity contribution in [1.82, 2.24) is 0 Å². The van der Waals surface area contributed by atoms with Gasteiger partial charge in [0, 0.05) is 10.8 Å². The van der Waals surface area contributed by atoms with E-state index >= 15 is 0 Å². The van der Waals surface area contributed by atoms with Gasteiger partial charge in [-0.25, -0.2) is 9.59 Å². The first-order valence-corrected chi connectivity index (χ1v) is 21.4. The molecule has 4 saturated heterocycles. The maximum Gasteiger partial charge on any atom is 0.343 e. The van der Waals surface area contributed by atoms with Crippen LogP contribution in [-0.4, -0.2) is 76.0 Å². The molecular formula is C48H56O10. The van der Waals surface area contributed by atoms with E-state index in [4.69, 9.17) is 37.9 Å². The van der Waals surface area contributed by atoms with Crippen molar-refractivity contribution in [2.24, 2.45) is 11.8 Å². The molecule has 0 saturated carbocycles. The monoisotopic (exact) mass is 792 g/mol. The highest BCUT2D eigenvalue weighted by Crippen LogP contribution is 2.35. The molecule has 4 aromatic carbocycles. The second-order valence-electron chi connectivity index (χ2n) is 16.2. The zero-order valence-electron chi connectivity index (χ0n) is 33.4. The fourth-order valence-electron chi connectivity index (χ4n) is 7.88. The van der Waals surface area contributed by atoms with Gasteiger partial charge in [0.15, 0.2) is 0 Å². The Morgan fingerprint density at radius 1 is 0.500 bits per heavy atom. The Hall–Kier alpha value is -4.48. The number of carbonyl (C=O) groups is 2. The molecule has 58 heavy (non-hydrogen) atoms. The summed E-state index contributed by atoms with van der Waals surface area (Å²) >= 11 is 0. The molecule has 6 atom stereocenters. The summed E-state index contributed by atoms with van der Waals surface area (Å²) in [5.74, 6) is 2.50. The van der Waals surface area contributed by atoms with Gasteiger partial charge in [0.2, 0.25) is 0 Å². The lowest BCUT2D eigenvalue weighted by Crippen LogP contribution is -2.11. The van der Waals surface area contributed by atoms with Crippen molar-refractivity contribution in [3.63, 3.8) is 0 Å². The van der Waals surface area contributed by atoms with Gasteiger partial charge in [0.05, 0.1) is 75.2 Å². The van der Waals surface area contributed by atoms with Crippen LogP contribution in [0, 0.1) is 11.8 Å². The van der Waals surface area contributed by atoms with Gasteiger partial charge in [0.1, 0.15) is 23.0 Å². The number of ether oxygens (including phenoxy) is 8. The maximum atomic E-state index is 13.2. The zero-order chi connectivity index (χ0) is 39.5. The molecule has 4 fully saturated rings. The first-order valence-electron chi connectivity index (χ1n) is 21.4. The molecule has 0 amide bonds. The van der Waals surface area contributed by atoms with Gasteiger partial charge < -0.3 is 37.9 Å². The smallest absolute Gasteiger partial charge is 0.343 e. The van der Waals surface area contributed by atoms with Gasteiger partial charge in [-0.1, -0.05) is 62.8 Å². The van der Waals surface area contributed by atoms with Gasteiger partial charge in [-0.05, 0) is 111 Å². The van der Waals surface area contributed by atoms with E-state index in [1.54, 1.807) is 72.8 Å². The zero-order valence-corrected chi connectivity index (χ0v) is 33.4. The van der Waals surface area contributed by atoms with Gasteiger partial charge >= 0.3 is 11.9 Å². The van der Waals surface area contributed by atoms with Crippen LogP contribution in [0.1, 0.15) is 97.8 Å². The summed E-state index contributed by atoms with van der Waals surface area (Å²) in [7, 11) is 0. The third-order valence-corrected chi connectivity index (χ3v) is 11.6. The van der Waals surface area contributed by atoms with Crippen molar-refractivity contribution < 1.29 is 47.5 Å². The average molecular weight is 793 g/mol. The van der Waals surface area contributed by atoms with Gasteiger partial charge in [0.25, 0.3) is 0 Å². The molecule has 0 aliphatic carbocycles. The van der Waals surface area contributed by atoms with E-state index in [0.29, 0.717) is 82.9 Å². The summed E-state index contributed by atoms with van der Waals surface area (Å²) in [5, 5.41) is 1.31. The fourth-order valence-corrected chi connectivity index (χ4v) is 7.88. The summed E-state index contributed by atoms with van der Waals surface area (Å²) in [6, 6.07) is 24.7. The van der Waals surface area contributed by atoms with Crippen molar-refractivity contribution in [1.29, 1.82) is 0 Å². The first-order chi connectivity index (χ1) is 28.6. The predicted molar refractivity (Wildman–Crippen MR) is 219 cm³/mol. The van der Waals surface area contributed by atoms with Crippen LogP contribution in [0.25, 0.3) is 10.8 Å². The van der Waals surface area contributed by atoms with Crippen molar-refractivity contribution >= 4 is 22.7 Å². The maximum absolute atomic E-state index is 13.2. The summed E-state index contributed by atoms with van der Waals surface area (Å²) < 4.78 is 45.5. The SMILES string of the molecule is O=C(Oc1cccc2c(OC(=O)c3ccc(OCCCCCCC(CC4CO4)C4CO4)cc3)cccc12)c1ccc(OCCCCCCC(CC2CO2)C2CO2)cc1. The fraction of sp³-hybridized carbons (Fsp3) is 0.500. The Balaban J connectivity index is 0.741. The molecule has 0 aromatic heterocycles. The average Bonchev–Trinajstić information content (AvgIpc) is 4.03. The van der Waals surface area contributed by atoms with Crippen molar-refractivity contribution in [2.75, 3.05) is 39.6 Å². The molecular weight excluding hydrogens is 737 g/mol. The van der Waals surface area contributed by atoms with Crippen LogP contribution in [-0.2, 0) is 18.9 Å². The normalized spacial score (nSPS) is 21.2. The number of hydrogen-bond acceptors (Lipinski definition) is 10. The van der Waals surface area contributed by atoms with E-state index in [1.807, 2.05) is 12.1 Å². The van der Waals surface area contributed by atoms with Crippen LogP contribution < -0.4 is 18.9 Å². The minimum absolute atomic E-state index is 0.375. The van der Waals surface area contributed by atoms with Crippen molar-refractivity contribution in [3.8, 4) is 23.0 Å². The summed E-state index contributed by atoms with van der Waals surface area (Å²) in [5.41, 5.74) is 0.821. The highest BCUT2D eigenvalue weighted by Gasteiger charge is 2.38. The van der Waals surface area contributed by atoms with Crippen LogP contribution in [0.3, 0.4) is 0 Å². The standard InChI is InChI=1S/C48H56O10/c49-47(33-17-21-37(22-18-33)51-25-7-3-1-5-11-35(45-31-55-45)27-39-29-53-39)57-43-15-9-14-42-41(43)13-10-16-44(42)58-48(50)34-19-23-38(24-20-34)52-26-8-4-2-6-12-36(46-32-56-46)28-40-30-54-40/h9-10,13-24,35-36,39-40,45-46H,1-8,11-12,25-32H2. The van der Waals surface area contributed by atoms with Gasteiger partial charge in [-0.15, -0.1) is 0 Å². The minimum atomic E-state index is -0.487. The Morgan fingerprint density at radius 2 is 0.897 bits per heavy atom. The molecule has 0 bridgehead atoms. The molecule has 4 aromatic rings. The molecule has 4 aliphatic rings.